The summed E-state index contributed by atoms with van der Waals surface area (Å²) in [5.41, 5.74) is 1.19. The Morgan fingerprint density at radius 2 is 1.70 bits per heavy atom. The number of nitrogens with zero attached hydrogens (tertiary/aromatic N) is 1. The third-order valence-electron chi connectivity index (χ3n) is 3.14. The molecular weight excluding hydrogens is 248 g/mol. The maximum Gasteiger partial charge on any atom is 0.118 e. The molecule has 0 saturated heterocycles. The highest BCUT2D eigenvalue weighted by atomic mass is 16.3. The topological polar surface area (TPSA) is 28.4 Å². The number of benzene rings is 1. The molecule has 0 aliphatic rings. The Hall–Kier alpha value is -1.74. The molecule has 1 heterocycles. The molecule has 0 spiro atoms. The number of furan rings is 1. The number of rotatable bonds is 8. The van der Waals surface area contributed by atoms with Crippen LogP contribution in [-0.2, 0) is 13.0 Å². The van der Waals surface area contributed by atoms with Crippen molar-refractivity contribution < 1.29 is 4.42 Å². The summed E-state index contributed by atoms with van der Waals surface area (Å²) in [7, 11) is 4.11. The van der Waals surface area contributed by atoms with Crippen LogP contribution >= 0.6 is 0 Å². The van der Waals surface area contributed by atoms with Crippen LogP contribution in [0.3, 0.4) is 0 Å². The Balaban J connectivity index is 1.62. The van der Waals surface area contributed by atoms with E-state index in [9.17, 15) is 0 Å². The van der Waals surface area contributed by atoms with E-state index in [-0.39, 0.29) is 0 Å². The number of anilines is 1. The van der Waals surface area contributed by atoms with Crippen molar-refractivity contribution in [3.8, 4) is 0 Å². The summed E-state index contributed by atoms with van der Waals surface area (Å²) in [6, 6.07) is 14.5. The van der Waals surface area contributed by atoms with Gasteiger partial charge in [-0.1, -0.05) is 18.2 Å². The molecule has 0 aliphatic heterocycles. The molecule has 1 aromatic carbocycles. The quantitative estimate of drug-likeness (QED) is 0.741. The lowest BCUT2D eigenvalue weighted by atomic mass is 10.2. The van der Waals surface area contributed by atoms with E-state index >= 15 is 0 Å². The van der Waals surface area contributed by atoms with Gasteiger partial charge >= 0.3 is 0 Å². The zero-order valence-electron chi connectivity index (χ0n) is 12.4. The van der Waals surface area contributed by atoms with Crippen LogP contribution in [0.1, 0.15) is 24.4 Å². The van der Waals surface area contributed by atoms with E-state index in [1.807, 2.05) is 6.07 Å². The van der Waals surface area contributed by atoms with E-state index in [4.69, 9.17) is 4.42 Å². The Labute approximate surface area is 121 Å². The van der Waals surface area contributed by atoms with Crippen LogP contribution in [0.25, 0.3) is 0 Å². The lowest BCUT2D eigenvalue weighted by Gasteiger charge is -2.06. The van der Waals surface area contributed by atoms with Crippen LogP contribution in [0.5, 0.6) is 0 Å². The van der Waals surface area contributed by atoms with Gasteiger partial charge in [-0.05, 0) is 51.2 Å². The van der Waals surface area contributed by atoms with E-state index in [0.29, 0.717) is 0 Å². The van der Waals surface area contributed by atoms with E-state index in [0.717, 1.165) is 43.9 Å². The summed E-state index contributed by atoms with van der Waals surface area (Å²) in [4.78, 5) is 2.12. The first-order valence-electron chi connectivity index (χ1n) is 7.25. The van der Waals surface area contributed by atoms with Gasteiger partial charge < -0.3 is 14.6 Å². The number of para-hydroxylation sites is 1. The first-order chi connectivity index (χ1) is 9.74. The Bertz CT molecular complexity index is 491. The van der Waals surface area contributed by atoms with Crippen molar-refractivity contribution in [3.63, 3.8) is 0 Å². The first-order valence-corrected chi connectivity index (χ1v) is 7.25. The molecule has 0 amide bonds. The monoisotopic (exact) mass is 272 g/mol. The third-order valence-corrected chi connectivity index (χ3v) is 3.14. The molecule has 0 radical (unpaired) electrons. The SMILES string of the molecule is CN(C)Cc1ccc(CCCCNc2ccccc2)o1. The predicted molar refractivity (Wildman–Crippen MR) is 84.0 cm³/mol. The highest BCUT2D eigenvalue weighted by molar-refractivity contribution is 5.42. The fourth-order valence-electron chi connectivity index (χ4n) is 2.17. The maximum atomic E-state index is 5.80. The molecule has 0 unspecified atom stereocenters. The van der Waals surface area contributed by atoms with Crippen LogP contribution in [0.2, 0.25) is 0 Å². The van der Waals surface area contributed by atoms with Gasteiger partial charge in [0.1, 0.15) is 11.5 Å². The highest BCUT2D eigenvalue weighted by Crippen LogP contribution is 2.12. The summed E-state index contributed by atoms with van der Waals surface area (Å²) in [6.07, 6.45) is 3.32. The summed E-state index contributed by atoms with van der Waals surface area (Å²) in [6.45, 7) is 1.88. The van der Waals surface area contributed by atoms with E-state index in [2.05, 4.69) is 60.7 Å². The van der Waals surface area contributed by atoms with Crippen molar-refractivity contribution >= 4 is 5.69 Å². The number of aryl methyl sites for hydroxylation is 1. The van der Waals surface area contributed by atoms with Gasteiger partial charge in [0.2, 0.25) is 0 Å². The van der Waals surface area contributed by atoms with Gasteiger partial charge in [-0.25, -0.2) is 0 Å². The van der Waals surface area contributed by atoms with Gasteiger partial charge in [0.05, 0.1) is 6.54 Å². The molecule has 2 rings (SSSR count). The van der Waals surface area contributed by atoms with Crippen LogP contribution < -0.4 is 5.32 Å². The second kappa shape index (κ2) is 7.75. The molecule has 0 aliphatic carbocycles. The highest BCUT2D eigenvalue weighted by Gasteiger charge is 2.03. The normalized spacial score (nSPS) is 10.9. The van der Waals surface area contributed by atoms with Gasteiger partial charge in [0.15, 0.2) is 0 Å². The standard InChI is InChI=1S/C17H24N2O/c1-19(2)14-17-12-11-16(20-17)10-6-7-13-18-15-8-4-3-5-9-15/h3-5,8-9,11-12,18H,6-7,10,13-14H2,1-2H3. The predicted octanol–water partition coefficient (Wildman–Crippen LogP) is 3.78. The van der Waals surface area contributed by atoms with Crippen molar-refractivity contribution in [3.05, 3.63) is 54.0 Å². The van der Waals surface area contributed by atoms with Gasteiger partial charge in [0.25, 0.3) is 0 Å². The minimum Gasteiger partial charge on any atom is -0.465 e. The van der Waals surface area contributed by atoms with Crippen molar-refractivity contribution in [1.29, 1.82) is 0 Å². The number of unbranched alkanes of at least 4 members (excludes halogenated alkanes) is 1. The lowest BCUT2D eigenvalue weighted by Crippen LogP contribution is -2.09. The average Bonchev–Trinajstić information content (AvgIpc) is 2.86. The van der Waals surface area contributed by atoms with E-state index < -0.39 is 0 Å². The Morgan fingerprint density at radius 3 is 2.45 bits per heavy atom. The molecule has 0 fully saturated rings. The van der Waals surface area contributed by atoms with Crippen molar-refractivity contribution in [2.75, 3.05) is 26.0 Å². The van der Waals surface area contributed by atoms with Crippen molar-refractivity contribution in [2.24, 2.45) is 0 Å². The number of hydrogen-bond acceptors (Lipinski definition) is 3. The smallest absolute Gasteiger partial charge is 0.118 e. The lowest BCUT2D eigenvalue weighted by molar-refractivity contribution is 0.341. The van der Waals surface area contributed by atoms with Crippen LogP contribution in [0.4, 0.5) is 5.69 Å². The Morgan fingerprint density at radius 1 is 0.950 bits per heavy atom. The molecule has 0 atom stereocenters. The summed E-state index contributed by atoms with van der Waals surface area (Å²) in [5.74, 6) is 2.15. The van der Waals surface area contributed by atoms with Gasteiger partial charge in [0, 0.05) is 18.7 Å². The summed E-state index contributed by atoms with van der Waals surface area (Å²) < 4.78 is 5.80. The molecule has 3 nitrogen and oxygen atoms in total. The molecule has 1 aromatic heterocycles. The minimum absolute atomic E-state index is 0.871. The van der Waals surface area contributed by atoms with Gasteiger partial charge in [-0.2, -0.15) is 0 Å². The largest absolute Gasteiger partial charge is 0.465 e. The average molecular weight is 272 g/mol. The van der Waals surface area contributed by atoms with Crippen LogP contribution in [0.15, 0.2) is 46.9 Å². The molecular formula is C17H24N2O. The second-order valence-corrected chi connectivity index (χ2v) is 5.36. The molecule has 20 heavy (non-hydrogen) atoms. The van der Waals surface area contributed by atoms with Crippen molar-refractivity contribution in [1.82, 2.24) is 4.90 Å². The third kappa shape index (κ3) is 5.10. The van der Waals surface area contributed by atoms with Gasteiger partial charge in [-0.3, -0.25) is 0 Å². The van der Waals surface area contributed by atoms with Crippen molar-refractivity contribution in [2.45, 2.75) is 25.8 Å². The molecule has 0 saturated carbocycles. The van der Waals surface area contributed by atoms with Gasteiger partial charge in [-0.15, -0.1) is 0 Å². The number of nitrogens with one attached hydrogen (secondary N) is 1. The van der Waals surface area contributed by atoms with Crippen LogP contribution in [-0.4, -0.2) is 25.5 Å². The molecule has 0 bridgehead atoms. The van der Waals surface area contributed by atoms with Crippen LogP contribution in [0, 0.1) is 0 Å². The molecule has 2 aromatic rings. The molecule has 1 N–H and O–H groups in total. The zero-order valence-corrected chi connectivity index (χ0v) is 12.4. The summed E-state index contributed by atoms with van der Waals surface area (Å²) >= 11 is 0. The summed E-state index contributed by atoms with van der Waals surface area (Å²) in [5, 5.41) is 3.42. The fraction of sp³-hybridized carbons (Fsp3) is 0.412. The minimum atomic E-state index is 0.871. The van der Waals surface area contributed by atoms with E-state index in [1.165, 1.54) is 5.69 Å². The maximum absolute atomic E-state index is 5.80. The molecule has 3 heteroatoms. The zero-order chi connectivity index (χ0) is 14.2. The van der Waals surface area contributed by atoms with E-state index in [1.54, 1.807) is 0 Å². The Kier molecular flexibility index (Phi) is 5.69. The second-order valence-electron chi connectivity index (χ2n) is 5.36. The molecule has 108 valence electrons. The first kappa shape index (κ1) is 14.7. The fourth-order valence-corrected chi connectivity index (χ4v) is 2.17. The number of hydrogen-bond donors (Lipinski definition) is 1.